The second-order valence-electron chi connectivity index (χ2n) is 1.02. The van der Waals surface area contributed by atoms with E-state index in [0.29, 0.717) is 6.61 Å². The summed E-state index contributed by atoms with van der Waals surface area (Å²) in [6, 6.07) is 0. The zero-order valence-electron chi connectivity index (χ0n) is 4.83. The molecule has 0 aliphatic carbocycles. The highest BCUT2D eigenvalue weighted by Gasteiger charge is 1.73. The van der Waals surface area contributed by atoms with Crippen molar-refractivity contribution in [3.8, 4) is 0 Å². The number of hydrogen-bond acceptors (Lipinski definition) is 3. The Labute approximate surface area is 49.2 Å². The molecule has 0 aliphatic rings. The van der Waals surface area contributed by atoms with Gasteiger partial charge in [-0.2, -0.15) is 0 Å². The molecule has 46 valence electrons. The molecule has 0 aromatic heterocycles. The third-order valence-corrected chi connectivity index (χ3v) is 0.489. The molecule has 0 unspecified atom stereocenters. The number of hydrogen-bond donors (Lipinski definition) is 1. The Balaban J connectivity index is 2.83. The van der Waals surface area contributed by atoms with Crippen LogP contribution in [-0.4, -0.2) is 19.3 Å². The Morgan fingerprint density at radius 3 is 2.88 bits per heavy atom. The van der Waals surface area contributed by atoms with Crippen molar-refractivity contribution in [1.29, 1.82) is 0 Å². The third kappa shape index (κ3) is 5.36. The lowest BCUT2D eigenvalue weighted by atomic mass is 10.4. The molecule has 0 aliphatic heterocycles. The van der Waals surface area contributed by atoms with Crippen molar-refractivity contribution in [1.82, 2.24) is 0 Å². The van der Waals surface area contributed by atoms with Crippen LogP contribution in [-0.2, 0) is 9.39 Å². The van der Waals surface area contributed by atoms with Gasteiger partial charge in [-0.1, -0.05) is 0 Å². The molecule has 0 radical (unpaired) electrons. The van der Waals surface area contributed by atoms with Crippen molar-refractivity contribution in [3.63, 3.8) is 0 Å². The van der Waals surface area contributed by atoms with Crippen LogP contribution in [0.5, 0.6) is 0 Å². The minimum Gasteiger partial charge on any atom is -0.542 e. The Kier molecular flexibility index (Phi) is 5.86. The van der Waals surface area contributed by atoms with Gasteiger partial charge in [-0.15, -0.1) is 0 Å². The lowest BCUT2D eigenvalue weighted by Gasteiger charge is -1.91. The summed E-state index contributed by atoms with van der Waals surface area (Å²) >= 11 is 0. The van der Waals surface area contributed by atoms with E-state index < -0.39 is 0 Å². The molecule has 0 spiro atoms. The average molecular weight is 116 g/mol. The second-order valence-corrected chi connectivity index (χ2v) is 1.02. The lowest BCUT2D eigenvalue weighted by Crippen LogP contribution is -1.88. The molecule has 0 bridgehead atoms. The van der Waals surface area contributed by atoms with E-state index in [1.165, 1.54) is 12.5 Å². The fourth-order valence-corrected chi connectivity index (χ4v) is 0.218. The van der Waals surface area contributed by atoms with Crippen LogP contribution in [0.3, 0.4) is 0 Å². The van der Waals surface area contributed by atoms with Crippen LogP contribution in [0.2, 0.25) is 0 Å². The van der Waals surface area contributed by atoms with Crippen molar-refractivity contribution in [3.05, 3.63) is 12.5 Å². The summed E-state index contributed by atoms with van der Waals surface area (Å²) in [5.41, 5.74) is 0. The quantitative estimate of drug-likeness (QED) is 0.407. The van der Waals surface area contributed by atoms with Crippen LogP contribution in [0.15, 0.2) is 12.5 Å². The molecule has 0 fully saturated rings. The third-order valence-electron chi connectivity index (χ3n) is 0.489. The molecular formula is C4H9BO3. The van der Waals surface area contributed by atoms with E-state index in [4.69, 9.17) is 9.76 Å². The molecule has 4 heteroatoms. The Morgan fingerprint density at radius 2 is 2.38 bits per heavy atom. The van der Waals surface area contributed by atoms with Crippen molar-refractivity contribution in [2.75, 3.05) is 6.61 Å². The van der Waals surface area contributed by atoms with Gasteiger partial charge >= 0.3 is 7.69 Å². The summed E-state index contributed by atoms with van der Waals surface area (Å²) in [7, 11) is -0.302. The van der Waals surface area contributed by atoms with Gasteiger partial charge in [0.15, 0.2) is 0 Å². The molecule has 0 aromatic rings. The summed E-state index contributed by atoms with van der Waals surface area (Å²) in [5.74, 6) is 0. The van der Waals surface area contributed by atoms with Gasteiger partial charge in [-0.25, -0.2) is 0 Å². The molecule has 0 heterocycles. The van der Waals surface area contributed by atoms with Gasteiger partial charge in [0.1, 0.15) is 6.26 Å². The van der Waals surface area contributed by atoms with Crippen molar-refractivity contribution >= 4 is 7.69 Å². The van der Waals surface area contributed by atoms with Crippen LogP contribution >= 0.6 is 0 Å². The first-order chi connectivity index (χ1) is 3.91. The Hall–Kier alpha value is -0.635. The van der Waals surface area contributed by atoms with E-state index in [9.17, 15) is 0 Å². The highest BCUT2D eigenvalue weighted by Crippen LogP contribution is 1.75. The van der Waals surface area contributed by atoms with Gasteiger partial charge in [0, 0.05) is 0 Å². The zero-order chi connectivity index (χ0) is 6.24. The largest absolute Gasteiger partial charge is 0.542 e. The average Bonchev–Trinajstić information content (AvgIpc) is 1.81. The smallest absolute Gasteiger partial charge is 0.503 e. The van der Waals surface area contributed by atoms with E-state index in [1.54, 1.807) is 0 Å². The summed E-state index contributed by atoms with van der Waals surface area (Å²) in [5, 5.41) is 8.04. The van der Waals surface area contributed by atoms with Gasteiger partial charge < -0.3 is 14.4 Å². The van der Waals surface area contributed by atoms with Gasteiger partial charge in [0.25, 0.3) is 0 Å². The van der Waals surface area contributed by atoms with E-state index in [2.05, 4.69) is 4.65 Å². The summed E-state index contributed by atoms with van der Waals surface area (Å²) in [6.45, 7) is 2.48. The van der Waals surface area contributed by atoms with Gasteiger partial charge in [-0.3, -0.25) is 0 Å². The molecule has 0 atom stereocenters. The highest BCUT2D eigenvalue weighted by atomic mass is 16.5. The van der Waals surface area contributed by atoms with Crippen LogP contribution in [0.4, 0.5) is 0 Å². The summed E-state index contributed by atoms with van der Waals surface area (Å²) in [6.07, 6.45) is 2.68. The SMILES string of the molecule is CCOC=COBO. The first-order valence-electron chi connectivity index (χ1n) is 2.41. The topological polar surface area (TPSA) is 38.7 Å². The van der Waals surface area contributed by atoms with Gasteiger partial charge in [-0.05, 0) is 6.92 Å². The van der Waals surface area contributed by atoms with Crippen molar-refractivity contribution < 1.29 is 14.4 Å². The zero-order valence-corrected chi connectivity index (χ0v) is 4.83. The molecule has 0 rings (SSSR count). The highest BCUT2D eigenvalue weighted by molar-refractivity contribution is 6.16. The Bertz CT molecular complexity index is 56.3. The van der Waals surface area contributed by atoms with Crippen LogP contribution < -0.4 is 0 Å². The summed E-state index contributed by atoms with van der Waals surface area (Å²) < 4.78 is 9.10. The molecule has 0 saturated heterocycles. The molecule has 1 N–H and O–H groups in total. The predicted octanol–water partition coefficient (Wildman–Crippen LogP) is -0.231. The monoisotopic (exact) mass is 116 g/mol. The minimum atomic E-state index is -0.302. The predicted molar refractivity (Wildman–Crippen MR) is 31.2 cm³/mol. The fourth-order valence-electron chi connectivity index (χ4n) is 0.218. The fraction of sp³-hybridized carbons (Fsp3) is 0.500. The maximum absolute atomic E-state index is 8.04. The second kappa shape index (κ2) is 6.36. The van der Waals surface area contributed by atoms with Crippen LogP contribution in [0, 0.1) is 0 Å². The number of rotatable bonds is 4. The maximum atomic E-state index is 8.04. The van der Waals surface area contributed by atoms with Crippen molar-refractivity contribution in [2.45, 2.75) is 6.92 Å². The standard InChI is InChI=1S/C4H9BO3/c1-2-7-3-4-8-5-6/h3-6H,2H2,1H3. The van der Waals surface area contributed by atoms with E-state index >= 15 is 0 Å². The molecule has 3 nitrogen and oxygen atoms in total. The van der Waals surface area contributed by atoms with Crippen molar-refractivity contribution in [2.24, 2.45) is 0 Å². The normalized spacial score (nSPS) is 9.25. The lowest BCUT2D eigenvalue weighted by molar-refractivity contribution is 0.256. The molecule has 8 heavy (non-hydrogen) atoms. The Morgan fingerprint density at radius 1 is 1.62 bits per heavy atom. The first kappa shape index (κ1) is 7.36. The van der Waals surface area contributed by atoms with E-state index in [1.807, 2.05) is 6.92 Å². The van der Waals surface area contributed by atoms with Gasteiger partial charge in [0.2, 0.25) is 0 Å². The summed E-state index contributed by atoms with van der Waals surface area (Å²) in [4.78, 5) is 0. The van der Waals surface area contributed by atoms with E-state index in [-0.39, 0.29) is 7.69 Å². The molecule has 0 amide bonds. The first-order valence-corrected chi connectivity index (χ1v) is 2.41. The maximum Gasteiger partial charge on any atom is 0.503 e. The van der Waals surface area contributed by atoms with Crippen LogP contribution in [0.25, 0.3) is 0 Å². The minimum absolute atomic E-state index is 0.302. The van der Waals surface area contributed by atoms with Gasteiger partial charge in [0.05, 0.1) is 12.9 Å². The number of ether oxygens (including phenoxy) is 1. The molecule has 0 saturated carbocycles. The van der Waals surface area contributed by atoms with E-state index in [0.717, 1.165) is 0 Å². The molecule has 0 aromatic carbocycles. The molecular weight excluding hydrogens is 107 g/mol. The van der Waals surface area contributed by atoms with Crippen LogP contribution in [0.1, 0.15) is 6.92 Å².